The highest BCUT2D eigenvalue weighted by molar-refractivity contribution is 7.12. The number of likely N-dealkylation sites (tertiary alicyclic amines) is 1. The van der Waals surface area contributed by atoms with Crippen molar-refractivity contribution in [1.82, 2.24) is 4.90 Å². The van der Waals surface area contributed by atoms with Crippen LogP contribution in [0.5, 0.6) is 0 Å². The normalized spacial score (nSPS) is 31.0. The van der Waals surface area contributed by atoms with E-state index in [1.807, 2.05) is 23.3 Å². The molecule has 2 fully saturated rings. The number of ether oxygens (including phenoxy) is 2. The summed E-state index contributed by atoms with van der Waals surface area (Å²) in [5.41, 5.74) is 1.01. The summed E-state index contributed by atoms with van der Waals surface area (Å²) in [6, 6.07) is 2.09. The number of nitrogens with zero attached hydrogens (tertiary/aromatic N) is 1. The number of esters is 1. The van der Waals surface area contributed by atoms with Crippen LogP contribution in [0.3, 0.4) is 0 Å². The van der Waals surface area contributed by atoms with Crippen molar-refractivity contribution < 1.29 is 19.1 Å². The molecule has 0 aliphatic carbocycles. The number of aryl methyl sites for hydroxylation is 1. The Labute approximate surface area is 134 Å². The minimum absolute atomic E-state index is 0.0400. The molecule has 2 aliphatic rings. The van der Waals surface area contributed by atoms with Crippen molar-refractivity contribution in [3.8, 4) is 0 Å². The summed E-state index contributed by atoms with van der Waals surface area (Å²) in [6.07, 6.45) is 1.69. The molecule has 120 valence electrons. The van der Waals surface area contributed by atoms with Gasteiger partial charge in [-0.15, -0.1) is 11.3 Å². The van der Waals surface area contributed by atoms with Crippen LogP contribution in [0.4, 0.5) is 0 Å². The summed E-state index contributed by atoms with van der Waals surface area (Å²) in [4.78, 5) is 27.4. The van der Waals surface area contributed by atoms with Crippen LogP contribution in [-0.4, -0.2) is 48.2 Å². The maximum absolute atomic E-state index is 12.9. The Bertz CT molecular complexity index is 584. The lowest BCUT2D eigenvalue weighted by molar-refractivity contribution is -0.153. The highest BCUT2D eigenvalue weighted by Gasteiger charge is 2.48. The predicted octanol–water partition coefficient (Wildman–Crippen LogP) is 2.38. The Morgan fingerprint density at radius 3 is 2.82 bits per heavy atom. The van der Waals surface area contributed by atoms with Crippen LogP contribution in [0, 0.1) is 6.92 Å². The second kappa shape index (κ2) is 6.01. The zero-order valence-electron chi connectivity index (χ0n) is 13.1. The molecular formula is C16H21NO4S. The van der Waals surface area contributed by atoms with Crippen LogP contribution >= 0.6 is 11.3 Å². The van der Waals surface area contributed by atoms with Crippen LogP contribution in [0.15, 0.2) is 11.4 Å². The van der Waals surface area contributed by atoms with E-state index >= 15 is 0 Å². The molecular weight excluding hydrogens is 302 g/mol. The Morgan fingerprint density at radius 2 is 2.18 bits per heavy atom. The van der Waals surface area contributed by atoms with E-state index in [1.54, 1.807) is 0 Å². The molecule has 0 saturated carbocycles. The van der Waals surface area contributed by atoms with E-state index < -0.39 is 6.10 Å². The topological polar surface area (TPSA) is 55.8 Å². The maximum atomic E-state index is 12.9. The molecule has 4 atom stereocenters. The molecule has 0 radical (unpaired) electrons. The fraction of sp³-hybridized carbons (Fsp3) is 0.625. The molecule has 0 N–H and O–H groups in total. The summed E-state index contributed by atoms with van der Waals surface area (Å²) < 4.78 is 10.6. The van der Waals surface area contributed by atoms with E-state index in [4.69, 9.17) is 9.47 Å². The largest absolute Gasteiger partial charge is 0.467 e. The van der Waals surface area contributed by atoms with Gasteiger partial charge in [0, 0.05) is 12.5 Å². The number of carbonyl (C=O) groups is 2. The molecule has 3 rings (SSSR count). The Hall–Kier alpha value is -1.40. The first kappa shape index (κ1) is 15.5. The number of amides is 1. The lowest BCUT2D eigenvalue weighted by Crippen LogP contribution is -2.53. The van der Waals surface area contributed by atoms with Gasteiger partial charge in [-0.3, -0.25) is 4.79 Å². The van der Waals surface area contributed by atoms with Gasteiger partial charge in [-0.05, 0) is 43.7 Å². The lowest BCUT2D eigenvalue weighted by atomic mass is 9.92. The summed E-state index contributed by atoms with van der Waals surface area (Å²) in [5, 5.41) is 1.94. The third kappa shape index (κ3) is 2.54. The van der Waals surface area contributed by atoms with Gasteiger partial charge in [0.2, 0.25) is 0 Å². The maximum Gasteiger partial charge on any atom is 0.335 e. The lowest BCUT2D eigenvalue weighted by Gasteiger charge is -2.41. The van der Waals surface area contributed by atoms with Crippen LogP contribution in [0.2, 0.25) is 0 Å². The molecule has 0 aromatic carbocycles. The van der Waals surface area contributed by atoms with E-state index in [1.165, 1.54) is 18.4 Å². The molecule has 6 heteroatoms. The SMILES string of the molecule is COC(=O)[C@@H]1C[C@@H]2[C@@H](CC[C@H](C)N2C(=O)c2sccc2C)O1. The van der Waals surface area contributed by atoms with Gasteiger partial charge in [-0.1, -0.05) is 0 Å². The summed E-state index contributed by atoms with van der Waals surface area (Å²) >= 11 is 1.48. The molecule has 1 aromatic rings. The fourth-order valence-electron chi connectivity index (χ4n) is 3.50. The quantitative estimate of drug-likeness (QED) is 0.784. The first-order chi connectivity index (χ1) is 10.5. The minimum Gasteiger partial charge on any atom is -0.467 e. The van der Waals surface area contributed by atoms with Crippen molar-refractivity contribution >= 4 is 23.2 Å². The van der Waals surface area contributed by atoms with E-state index in [0.717, 1.165) is 23.3 Å². The minimum atomic E-state index is -0.551. The average Bonchev–Trinajstić information content (AvgIpc) is 3.11. The van der Waals surface area contributed by atoms with E-state index in [2.05, 4.69) is 6.92 Å². The Kier molecular flexibility index (Phi) is 4.23. The summed E-state index contributed by atoms with van der Waals surface area (Å²) in [5.74, 6) is -0.287. The van der Waals surface area contributed by atoms with Crippen LogP contribution < -0.4 is 0 Å². The van der Waals surface area contributed by atoms with Gasteiger partial charge in [-0.25, -0.2) is 4.79 Å². The third-order valence-electron chi connectivity index (χ3n) is 4.68. The van der Waals surface area contributed by atoms with Gasteiger partial charge in [0.1, 0.15) is 0 Å². The third-order valence-corrected chi connectivity index (χ3v) is 5.68. The number of fused-ring (bicyclic) bond motifs is 1. The van der Waals surface area contributed by atoms with E-state index in [9.17, 15) is 9.59 Å². The monoisotopic (exact) mass is 323 g/mol. The first-order valence-corrected chi connectivity index (χ1v) is 8.51. The number of hydrogen-bond donors (Lipinski definition) is 0. The van der Waals surface area contributed by atoms with Gasteiger partial charge in [0.25, 0.3) is 5.91 Å². The molecule has 5 nitrogen and oxygen atoms in total. The number of methoxy groups -OCH3 is 1. The smallest absolute Gasteiger partial charge is 0.335 e. The highest BCUT2D eigenvalue weighted by atomic mass is 32.1. The van der Waals surface area contributed by atoms with Crippen molar-refractivity contribution in [2.45, 2.75) is 57.4 Å². The van der Waals surface area contributed by atoms with Crippen molar-refractivity contribution in [2.24, 2.45) is 0 Å². The van der Waals surface area contributed by atoms with Gasteiger partial charge in [0.15, 0.2) is 6.10 Å². The van der Waals surface area contributed by atoms with Crippen molar-refractivity contribution in [2.75, 3.05) is 7.11 Å². The zero-order chi connectivity index (χ0) is 15.9. The van der Waals surface area contributed by atoms with E-state index in [0.29, 0.717) is 6.42 Å². The van der Waals surface area contributed by atoms with Gasteiger partial charge in [-0.2, -0.15) is 0 Å². The highest BCUT2D eigenvalue weighted by Crippen LogP contribution is 2.37. The Morgan fingerprint density at radius 1 is 1.41 bits per heavy atom. The van der Waals surface area contributed by atoms with Gasteiger partial charge >= 0.3 is 5.97 Å². The van der Waals surface area contributed by atoms with Crippen molar-refractivity contribution in [3.05, 3.63) is 21.9 Å². The molecule has 3 heterocycles. The number of hydrogen-bond acceptors (Lipinski definition) is 5. The van der Waals surface area contributed by atoms with Crippen LogP contribution in [0.25, 0.3) is 0 Å². The molecule has 1 amide bonds. The molecule has 0 unspecified atom stereocenters. The molecule has 1 aromatic heterocycles. The second-order valence-electron chi connectivity index (χ2n) is 6.06. The van der Waals surface area contributed by atoms with E-state index in [-0.39, 0.29) is 30.1 Å². The number of rotatable bonds is 2. The summed E-state index contributed by atoms with van der Waals surface area (Å²) in [7, 11) is 1.37. The molecule has 2 saturated heterocycles. The number of piperidine rings is 1. The Balaban J connectivity index is 1.84. The van der Waals surface area contributed by atoms with Gasteiger partial charge < -0.3 is 14.4 Å². The number of thiophene rings is 1. The van der Waals surface area contributed by atoms with Crippen molar-refractivity contribution in [1.29, 1.82) is 0 Å². The molecule has 22 heavy (non-hydrogen) atoms. The molecule has 2 aliphatic heterocycles. The number of carbonyl (C=O) groups excluding carboxylic acids is 2. The summed E-state index contributed by atoms with van der Waals surface area (Å²) in [6.45, 7) is 4.03. The second-order valence-corrected chi connectivity index (χ2v) is 6.98. The molecule has 0 bridgehead atoms. The zero-order valence-corrected chi connectivity index (χ0v) is 13.9. The molecule has 0 spiro atoms. The predicted molar refractivity (Wildman–Crippen MR) is 83.0 cm³/mol. The first-order valence-electron chi connectivity index (χ1n) is 7.63. The van der Waals surface area contributed by atoms with Crippen LogP contribution in [0.1, 0.15) is 41.4 Å². The average molecular weight is 323 g/mol. The van der Waals surface area contributed by atoms with Gasteiger partial charge in [0.05, 0.1) is 24.1 Å². The van der Waals surface area contributed by atoms with Crippen LogP contribution in [-0.2, 0) is 14.3 Å². The standard InChI is InChI=1S/C16H21NO4S/c1-9-6-7-22-14(9)15(18)17-10(2)4-5-12-11(17)8-13(21-12)16(19)20-3/h6-7,10-13H,4-5,8H2,1-3H3/t10-,11+,12+,13-/m0/s1. The van der Waals surface area contributed by atoms with Crippen molar-refractivity contribution in [3.63, 3.8) is 0 Å². The fourth-order valence-corrected chi connectivity index (χ4v) is 4.36.